The van der Waals surface area contributed by atoms with Gasteiger partial charge in [-0.1, -0.05) is 31.5 Å². The van der Waals surface area contributed by atoms with Crippen molar-refractivity contribution in [2.75, 3.05) is 6.61 Å². The Morgan fingerprint density at radius 3 is 2.86 bits per heavy atom. The highest BCUT2D eigenvalue weighted by molar-refractivity contribution is 5.58. The summed E-state index contributed by atoms with van der Waals surface area (Å²) in [5, 5.41) is 0. The van der Waals surface area contributed by atoms with E-state index in [9.17, 15) is 4.79 Å². The highest BCUT2D eigenvalue weighted by Crippen LogP contribution is 2.17. The van der Waals surface area contributed by atoms with E-state index in [4.69, 9.17) is 4.74 Å². The second-order valence-corrected chi connectivity index (χ2v) is 3.13. The molecule has 1 aromatic carbocycles. The van der Waals surface area contributed by atoms with Crippen molar-refractivity contribution >= 4 is 6.29 Å². The monoisotopic (exact) mass is 191 g/mol. The van der Waals surface area contributed by atoms with Crippen LogP contribution in [0.1, 0.15) is 25.3 Å². The summed E-state index contributed by atoms with van der Waals surface area (Å²) >= 11 is 0. The average molecular weight is 191 g/mol. The summed E-state index contributed by atoms with van der Waals surface area (Å²) in [4.78, 5) is 10.3. The zero-order valence-electron chi connectivity index (χ0n) is 8.45. The van der Waals surface area contributed by atoms with Crippen LogP contribution < -0.4 is 4.74 Å². The molecule has 0 aliphatic carbocycles. The largest absolute Gasteiger partial charge is 0.493 e. The number of benzene rings is 1. The minimum atomic E-state index is 0.308. The summed E-state index contributed by atoms with van der Waals surface area (Å²) in [6.07, 6.45) is 4.35. The van der Waals surface area contributed by atoms with Crippen LogP contribution in [0.3, 0.4) is 0 Å². The summed E-state index contributed by atoms with van der Waals surface area (Å²) in [5.41, 5.74) is 0.915. The third kappa shape index (κ3) is 3.21. The predicted octanol–water partition coefficient (Wildman–Crippen LogP) is 2.52. The Bertz CT molecular complexity index is 281. The van der Waals surface area contributed by atoms with Crippen LogP contribution in [0.2, 0.25) is 0 Å². The van der Waals surface area contributed by atoms with E-state index >= 15 is 0 Å². The molecule has 0 aromatic heterocycles. The van der Waals surface area contributed by atoms with Gasteiger partial charge >= 0.3 is 0 Å². The SMILES string of the molecule is CCCCOc1ccccc1C[C]=O. The maximum Gasteiger partial charge on any atom is 0.203 e. The minimum Gasteiger partial charge on any atom is -0.493 e. The van der Waals surface area contributed by atoms with Crippen molar-refractivity contribution in [3.8, 4) is 5.75 Å². The summed E-state index contributed by atoms with van der Waals surface area (Å²) in [5.74, 6) is 0.810. The van der Waals surface area contributed by atoms with Crippen LogP contribution in [0.25, 0.3) is 0 Å². The summed E-state index contributed by atoms with van der Waals surface area (Å²) < 4.78 is 5.55. The third-order valence-electron chi connectivity index (χ3n) is 1.99. The number of carbonyl (C=O) groups excluding carboxylic acids is 1. The van der Waals surface area contributed by atoms with E-state index < -0.39 is 0 Å². The van der Waals surface area contributed by atoms with E-state index in [1.54, 1.807) is 0 Å². The van der Waals surface area contributed by atoms with E-state index in [1.165, 1.54) is 0 Å². The molecule has 1 aromatic rings. The molecule has 0 aliphatic heterocycles. The van der Waals surface area contributed by atoms with E-state index in [0.29, 0.717) is 13.0 Å². The molecule has 2 heteroatoms. The highest BCUT2D eigenvalue weighted by atomic mass is 16.5. The first-order chi connectivity index (χ1) is 6.88. The molecular weight excluding hydrogens is 176 g/mol. The Kier molecular flexibility index (Phi) is 4.76. The lowest BCUT2D eigenvalue weighted by molar-refractivity contribution is 0.307. The molecule has 75 valence electrons. The van der Waals surface area contributed by atoms with Crippen molar-refractivity contribution < 1.29 is 9.53 Å². The quantitative estimate of drug-likeness (QED) is 0.646. The normalized spacial score (nSPS) is 9.79. The predicted molar refractivity (Wildman–Crippen MR) is 56.2 cm³/mol. The molecule has 0 bridgehead atoms. The Hall–Kier alpha value is -1.31. The molecular formula is C12H15O2. The molecule has 0 N–H and O–H groups in total. The lowest BCUT2D eigenvalue weighted by Crippen LogP contribution is -2.00. The van der Waals surface area contributed by atoms with Gasteiger partial charge in [0, 0.05) is 12.0 Å². The van der Waals surface area contributed by atoms with Crippen molar-refractivity contribution in [1.82, 2.24) is 0 Å². The van der Waals surface area contributed by atoms with Crippen LogP contribution in [0.5, 0.6) is 5.75 Å². The molecule has 0 amide bonds. The van der Waals surface area contributed by atoms with Crippen molar-refractivity contribution in [3.05, 3.63) is 29.8 Å². The number of para-hydroxylation sites is 1. The molecule has 1 radical (unpaired) electrons. The second-order valence-electron chi connectivity index (χ2n) is 3.13. The summed E-state index contributed by atoms with van der Waals surface area (Å²) in [7, 11) is 0. The molecule has 0 atom stereocenters. The average Bonchev–Trinajstić information content (AvgIpc) is 2.21. The maximum atomic E-state index is 10.3. The van der Waals surface area contributed by atoms with Gasteiger partial charge in [-0.05, 0) is 12.5 Å². The topological polar surface area (TPSA) is 26.3 Å². The number of rotatable bonds is 6. The molecule has 0 saturated carbocycles. The van der Waals surface area contributed by atoms with Gasteiger partial charge in [0.1, 0.15) is 5.75 Å². The zero-order chi connectivity index (χ0) is 10.2. The number of ether oxygens (including phenoxy) is 1. The lowest BCUT2D eigenvalue weighted by atomic mass is 10.1. The first-order valence-electron chi connectivity index (χ1n) is 4.94. The molecule has 0 saturated heterocycles. The van der Waals surface area contributed by atoms with Crippen LogP contribution in [0.15, 0.2) is 24.3 Å². The molecule has 0 spiro atoms. The third-order valence-corrected chi connectivity index (χ3v) is 1.99. The lowest BCUT2D eigenvalue weighted by Gasteiger charge is -2.08. The molecule has 0 aliphatic rings. The van der Waals surface area contributed by atoms with Gasteiger partial charge in [-0.25, -0.2) is 0 Å². The molecule has 0 unspecified atom stereocenters. The van der Waals surface area contributed by atoms with Crippen LogP contribution in [0, 0.1) is 0 Å². The van der Waals surface area contributed by atoms with Gasteiger partial charge < -0.3 is 4.74 Å². The van der Waals surface area contributed by atoms with Crippen molar-refractivity contribution in [3.63, 3.8) is 0 Å². The fourth-order valence-electron chi connectivity index (χ4n) is 1.19. The van der Waals surface area contributed by atoms with Gasteiger partial charge in [0.15, 0.2) is 0 Å². The van der Waals surface area contributed by atoms with Gasteiger partial charge in [0.05, 0.1) is 6.61 Å². The molecule has 14 heavy (non-hydrogen) atoms. The van der Waals surface area contributed by atoms with E-state index in [2.05, 4.69) is 6.92 Å². The first kappa shape index (κ1) is 10.8. The van der Waals surface area contributed by atoms with E-state index in [-0.39, 0.29) is 0 Å². The van der Waals surface area contributed by atoms with E-state index in [0.717, 1.165) is 24.2 Å². The molecule has 0 fully saturated rings. The van der Waals surface area contributed by atoms with E-state index in [1.807, 2.05) is 30.6 Å². The number of unbranched alkanes of at least 4 members (excludes halogenated alkanes) is 1. The van der Waals surface area contributed by atoms with Gasteiger partial charge in [0.25, 0.3) is 0 Å². The molecule has 0 heterocycles. The van der Waals surface area contributed by atoms with Gasteiger partial charge in [0.2, 0.25) is 6.29 Å². The van der Waals surface area contributed by atoms with Crippen molar-refractivity contribution in [2.24, 2.45) is 0 Å². The summed E-state index contributed by atoms with van der Waals surface area (Å²) in [6, 6.07) is 7.60. The molecule has 2 nitrogen and oxygen atoms in total. The fourth-order valence-corrected chi connectivity index (χ4v) is 1.19. The smallest absolute Gasteiger partial charge is 0.203 e. The molecule has 1 rings (SSSR count). The van der Waals surface area contributed by atoms with Crippen molar-refractivity contribution in [2.45, 2.75) is 26.2 Å². The minimum absolute atomic E-state index is 0.308. The van der Waals surface area contributed by atoms with Crippen LogP contribution in [-0.2, 0) is 11.2 Å². The zero-order valence-corrected chi connectivity index (χ0v) is 8.45. The Labute approximate surface area is 84.9 Å². The Balaban J connectivity index is 2.59. The first-order valence-corrected chi connectivity index (χ1v) is 4.94. The van der Waals surface area contributed by atoms with Gasteiger partial charge in [-0.2, -0.15) is 0 Å². The maximum absolute atomic E-state index is 10.3. The second kappa shape index (κ2) is 6.19. The number of hydrogen-bond donors (Lipinski definition) is 0. The Morgan fingerprint density at radius 1 is 1.36 bits per heavy atom. The van der Waals surface area contributed by atoms with Gasteiger partial charge in [-0.3, -0.25) is 4.79 Å². The van der Waals surface area contributed by atoms with Gasteiger partial charge in [-0.15, -0.1) is 0 Å². The van der Waals surface area contributed by atoms with Crippen LogP contribution in [-0.4, -0.2) is 12.9 Å². The highest BCUT2D eigenvalue weighted by Gasteiger charge is 2.01. The van der Waals surface area contributed by atoms with Crippen molar-refractivity contribution in [1.29, 1.82) is 0 Å². The summed E-state index contributed by atoms with van der Waals surface area (Å²) in [6.45, 7) is 2.83. The standard InChI is InChI=1S/C12H15O2/c1-2-3-10-14-12-7-5-4-6-11(12)8-9-13/h4-7H,2-3,8,10H2,1H3. The fraction of sp³-hybridized carbons (Fsp3) is 0.417. The Morgan fingerprint density at radius 2 is 2.14 bits per heavy atom. The van der Waals surface area contributed by atoms with Crippen LogP contribution >= 0.6 is 0 Å². The van der Waals surface area contributed by atoms with Crippen LogP contribution in [0.4, 0.5) is 0 Å². The number of hydrogen-bond acceptors (Lipinski definition) is 2.